The predicted molar refractivity (Wildman–Crippen MR) is 119 cm³/mol. The Bertz CT molecular complexity index is 920. The van der Waals surface area contributed by atoms with Gasteiger partial charge in [-0.15, -0.1) is 0 Å². The fourth-order valence-corrected chi connectivity index (χ4v) is 3.20. The Hall–Kier alpha value is -2.99. The topological polar surface area (TPSA) is 70.7 Å². The molecule has 3 rings (SSSR count). The number of aliphatic imine (C=N–C) groups is 1. The van der Waals surface area contributed by atoms with E-state index in [0.717, 1.165) is 36.7 Å². The summed E-state index contributed by atoms with van der Waals surface area (Å²) in [5.41, 5.74) is 3.63. The molecule has 0 saturated carbocycles. The molecule has 0 aliphatic rings. The molecule has 0 spiro atoms. The van der Waals surface area contributed by atoms with Gasteiger partial charge in [0.15, 0.2) is 5.96 Å². The fraction of sp³-hybridized carbons (Fsp3) is 0.348. The summed E-state index contributed by atoms with van der Waals surface area (Å²) in [5.74, 6) is 1.67. The van der Waals surface area contributed by atoms with E-state index in [9.17, 15) is 0 Å². The zero-order chi connectivity index (χ0) is 20.3. The summed E-state index contributed by atoms with van der Waals surface area (Å²) < 4.78 is 10.8. The summed E-state index contributed by atoms with van der Waals surface area (Å²) >= 11 is 0. The molecule has 2 aromatic carbocycles. The van der Waals surface area contributed by atoms with E-state index in [1.54, 1.807) is 14.2 Å². The van der Waals surface area contributed by atoms with E-state index in [4.69, 9.17) is 9.47 Å². The van der Waals surface area contributed by atoms with Gasteiger partial charge in [0.1, 0.15) is 5.75 Å². The number of nitrogens with zero attached hydrogens (tertiary/aromatic N) is 1. The number of ether oxygens (including phenoxy) is 2. The van der Waals surface area contributed by atoms with Crippen molar-refractivity contribution in [3.05, 3.63) is 65.9 Å². The van der Waals surface area contributed by atoms with Crippen LogP contribution in [0.15, 0.2) is 59.7 Å². The number of hydrogen-bond donors (Lipinski definition) is 3. The van der Waals surface area contributed by atoms with Crippen LogP contribution in [0.2, 0.25) is 0 Å². The molecule has 6 heteroatoms. The van der Waals surface area contributed by atoms with Crippen LogP contribution in [-0.2, 0) is 17.7 Å². The van der Waals surface area contributed by atoms with Gasteiger partial charge in [0.2, 0.25) is 0 Å². The van der Waals surface area contributed by atoms with Crippen LogP contribution in [0, 0.1) is 0 Å². The minimum Gasteiger partial charge on any atom is -0.493 e. The number of para-hydroxylation sites is 1. The smallest absolute Gasteiger partial charge is 0.191 e. The second kappa shape index (κ2) is 11.1. The van der Waals surface area contributed by atoms with E-state index in [-0.39, 0.29) is 0 Å². The summed E-state index contributed by atoms with van der Waals surface area (Å²) in [6.07, 6.45) is 3.89. The van der Waals surface area contributed by atoms with E-state index in [0.29, 0.717) is 19.8 Å². The first kappa shape index (κ1) is 20.7. The lowest BCUT2D eigenvalue weighted by Gasteiger charge is -2.13. The van der Waals surface area contributed by atoms with Crippen LogP contribution in [0.1, 0.15) is 17.5 Å². The van der Waals surface area contributed by atoms with Crippen molar-refractivity contribution < 1.29 is 9.47 Å². The predicted octanol–water partition coefficient (Wildman–Crippen LogP) is 3.49. The molecule has 0 aliphatic carbocycles. The normalized spacial score (nSPS) is 11.6. The molecule has 0 bridgehead atoms. The lowest BCUT2D eigenvalue weighted by molar-refractivity contribution is 0.172. The van der Waals surface area contributed by atoms with Gasteiger partial charge in [0, 0.05) is 57.4 Å². The minimum absolute atomic E-state index is 0.655. The molecule has 0 radical (unpaired) electrons. The molecule has 3 aromatic rings. The Balaban J connectivity index is 1.44. The Labute approximate surface area is 172 Å². The molecule has 0 saturated heterocycles. The van der Waals surface area contributed by atoms with Crippen molar-refractivity contribution in [2.24, 2.45) is 4.99 Å². The zero-order valence-corrected chi connectivity index (χ0v) is 17.2. The van der Waals surface area contributed by atoms with E-state index >= 15 is 0 Å². The summed E-state index contributed by atoms with van der Waals surface area (Å²) in [5, 5.41) is 8.02. The molecule has 0 atom stereocenters. The van der Waals surface area contributed by atoms with Gasteiger partial charge in [0.05, 0.1) is 6.61 Å². The Morgan fingerprint density at radius 1 is 1.07 bits per heavy atom. The molecule has 3 N–H and O–H groups in total. The van der Waals surface area contributed by atoms with Crippen LogP contribution in [-0.4, -0.2) is 44.9 Å². The van der Waals surface area contributed by atoms with Crippen molar-refractivity contribution in [3.8, 4) is 5.75 Å². The van der Waals surface area contributed by atoms with Gasteiger partial charge in [-0.25, -0.2) is 0 Å². The van der Waals surface area contributed by atoms with E-state index in [1.807, 2.05) is 18.2 Å². The number of aromatic amines is 1. The first-order chi connectivity index (χ1) is 14.3. The minimum atomic E-state index is 0.655. The van der Waals surface area contributed by atoms with Gasteiger partial charge in [-0.2, -0.15) is 0 Å². The third-order valence-electron chi connectivity index (χ3n) is 4.71. The standard InChI is InChI=1S/C23H30N4O2/c1-24-23(25-12-11-19-17-26-22-10-4-3-9-21(19)22)27-16-18-7-5-8-20(15-18)29-14-6-13-28-2/h3-5,7-10,15,17,26H,6,11-14,16H2,1-2H3,(H2,24,25,27). The second-order valence-electron chi connectivity index (χ2n) is 6.80. The van der Waals surface area contributed by atoms with Crippen LogP contribution < -0.4 is 15.4 Å². The highest BCUT2D eigenvalue weighted by molar-refractivity contribution is 5.83. The Morgan fingerprint density at radius 3 is 2.83 bits per heavy atom. The zero-order valence-electron chi connectivity index (χ0n) is 17.2. The van der Waals surface area contributed by atoms with Gasteiger partial charge in [-0.1, -0.05) is 30.3 Å². The number of guanidine groups is 1. The van der Waals surface area contributed by atoms with Crippen molar-refractivity contribution in [2.75, 3.05) is 33.9 Å². The Morgan fingerprint density at radius 2 is 1.97 bits per heavy atom. The van der Waals surface area contributed by atoms with Crippen molar-refractivity contribution in [3.63, 3.8) is 0 Å². The summed E-state index contributed by atoms with van der Waals surface area (Å²) in [6.45, 7) is 2.86. The number of fused-ring (bicyclic) bond motifs is 1. The number of H-pyrrole nitrogens is 1. The SMILES string of the molecule is CN=C(NCCc1c[nH]c2ccccc12)NCc1cccc(OCCCOC)c1. The van der Waals surface area contributed by atoms with Crippen LogP contribution in [0.25, 0.3) is 10.9 Å². The van der Waals surface area contributed by atoms with E-state index in [1.165, 1.54) is 16.5 Å². The van der Waals surface area contributed by atoms with Crippen LogP contribution >= 0.6 is 0 Å². The number of methoxy groups -OCH3 is 1. The van der Waals surface area contributed by atoms with Crippen LogP contribution in [0.3, 0.4) is 0 Å². The molecular formula is C23H30N4O2. The highest BCUT2D eigenvalue weighted by Gasteiger charge is 2.04. The van der Waals surface area contributed by atoms with Crippen molar-refractivity contribution >= 4 is 16.9 Å². The number of aromatic nitrogens is 1. The first-order valence-corrected chi connectivity index (χ1v) is 10.0. The third-order valence-corrected chi connectivity index (χ3v) is 4.71. The average molecular weight is 395 g/mol. The number of nitrogens with one attached hydrogen (secondary N) is 3. The summed E-state index contributed by atoms with van der Waals surface area (Å²) in [4.78, 5) is 7.64. The molecule has 1 heterocycles. The molecule has 0 unspecified atom stereocenters. The van der Waals surface area contributed by atoms with E-state index in [2.05, 4.69) is 57.1 Å². The molecular weight excluding hydrogens is 364 g/mol. The molecule has 6 nitrogen and oxygen atoms in total. The molecule has 0 amide bonds. The maximum Gasteiger partial charge on any atom is 0.191 e. The Kier molecular flexibility index (Phi) is 7.95. The average Bonchev–Trinajstić information content (AvgIpc) is 3.17. The molecule has 0 aliphatic heterocycles. The monoisotopic (exact) mass is 394 g/mol. The molecule has 1 aromatic heterocycles. The van der Waals surface area contributed by atoms with Crippen molar-refractivity contribution in [2.45, 2.75) is 19.4 Å². The van der Waals surface area contributed by atoms with E-state index < -0.39 is 0 Å². The first-order valence-electron chi connectivity index (χ1n) is 10.0. The quantitative estimate of drug-likeness (QED) is 0.280. The second-order valence-corrected chi connectivity index (χ2v) is 6.80. The number of rotatable bonds is 10. The maximum atomic E-state index is 5.77. The highest BCUT2D eigenvalue weighted by Crippen LogP contribution is 2.17. The van der Waals surface area contributed by atoms with Gasteiger partial charge < -0.3 is 25.1 Å². The van der Waals surface area contributed by atoms with Crippen LogP contribution in [0.4, 0.5) is 0 Å². The molecule has 154 valence electrons. The van der Waals surface area contributed by atoms with Gasteiger partial charge in [-0.05, 0) is 35.7 Å². The lowest BCUT2D eigenvalue weighted by atomic mass is 10.1. The van der Waals surface area contributed by atoms with Gasteiger partial charge in [0.25, 0.3) is 0 Å². The highest BCUT2D eigenvalue weighted by atomic mass is 16.5. The third kappa shape index (κ3) is 6.26. The lowest BCUT2D eigenvalue weighted by Crippen LogP contribution is -2.37. The maximum absolute atomic E-state index is 5.77. The largest absolute Gasteiger partial charge is 0.493 e. The summed E-state index contributed by atoms with van der Waals surface area (Å²) in [7, 11) is 3.49. The summed E-state index contributed by atoms with van der Waals surface area (Å²) in [6, 6.07) is 16.5. The van der Waals surface area contributed by atoms with Gasteiger partial charge in [-0.3, -0.25) is 4.99 Å². The number of hydrogen-bond acceptors (Lipinski definition) is 3. The number of benzene rings is 2. The molecule has 0 fully saturated rings. The van der Waals surface area contributed by atoms with Gasteiger partial charge >= 0.3 is 0 Å². The van der Waals surface area contributed by atoms with Crippen molar-refractivity contribution in [1.29, 1.82) is 0 Å². The molecule has 29 heavy (non-hydrogen) atoms. The van der Waals surface area contributed by atoms with Crippen LogP contribution in [0.5, 0.6) is 5.75 Å². The fourth-order valence-electron chi connectivity index (χ4n) is 3.20. The van der Waals surface area contributed by atoms with Crippen molar-refractivity contribution in [1.82, 2.24) is 15.6 Å².